The molecular weight excluding hydrogens is 184 g/mol. The summed E-state index contributed by atoms with van der Waals surface area (Å²) in [5, 5.41) is 3.44. The Kier molecular flexibility index (Phi) is 3.05. The standard InChI is InChI=1S/C13H18N2/c1-10(2)11-6-3-4-7-12(11)15-13-8-5-9-14-13/h3-4,6-7,10H,5,8-9H2,1-2H3,(H,14,15). The van der Waals surface area contributed by atoms with Gasteiger partial charge in [0.25, 0.3) is 0 Å². The predicted molar refractivity (Wildman–Crippen MR) is 65.7 cm³/mol. The van der Waals surface area contributed by atoms with Gasteiger partial charge in [0.15, 0.2) is 0 Å². The molecule has 0 aliphatic carbocycles. The maximum absolute atomic E-state index is 4.44. The third-order valence-corrected chi connectivity index (χ3v) is 2.74. The highest BCUT2D eigenvalue weighted by atomic mass is 15.0. The molecule has 0 radical (unpaired) electrons. The van der Waals surface area contributed by atoms with Crippen LogP contribution in [0.5, 0.6) is 0 Å². The second-order valence-electron chi connectivity index (χ2n) is 4.30. The zero-order chi connectivity index (χ0) is 10.7. The molecule has 1 aromatic carbocycles. The molecule has 1 aromatic rings. The number of hydrogen-bond acceptors (Lipinski definition) is 2. The van der Waals surface area contributed by atoms with Crippen LogP contribution in [0.4, 0.5) is 5.69 Å². The minimum absolute atomic E-state index is 0.552. The van der Waals surface area contributed by atoms with E-state index in [-0.39, 0.29) is 0 Å². The van der Waals surface area contributed by atoms with Crippen molar-refractivity contribution in [3.05, 3.63) is 29.8 Å². The van der Waals surface area contributed by atoms with Crippen LogP contribution in [0.15, 0.2) is 29.3 Å². The number of para-hydroxylation sites is 1. The van der Waals surface area contributed by atoms with Crippen LogP contribution in [0.1, 0.15) is 38.2 Å². The second kappa shape index (κ2) is 4.47. The molecule has 0 bridgehead atoms. The Hall–Kier alpha value is -1.31. The summed E-state index contributed by atoms with van der Waals surface area (Å²) >= 11 is 0. The van der Waals surface area contributed by atoms with Crippen molar-refractivity contribution in [2.45, 2.75) is 32.6 Å². The minimum atomic E-state index is 0.552. The highest BCUT2D eigenvalue weighted by Gasteiger charge is 2.10. The Bertz CT molecular complexity index is 367. The van der Waals surface area contributed by atoms with Crippen molar-refractivity contribution >= 4 is 11.5 Å². The molecule has 1 aliphatic heterocycles. The average molecular weight is 202 g/mol. The van der Waals surface area contributed by atoms with E-state index < -0.39 is 0 Å². The van der Waals surface area contributed by atoms with Gasteiger partial charge in [0.05, 0.1) is 0 Å². The third-order valence-electron chi connectivity index (χ3n) is 2.74. The fraction of sp³-hybridized carbons (Fsp3) is 0.462. The topological polar surface area (TPSA) is 24.4 Å². The van der Waals surface area contributed by atoms with Crippen molar-refractivity contribution in [2.75, 3.05) is 11.9 Å². The molecule has 1 aliphatic rings. The minimum Gasteiger partial charge on any atom is -0.344 e. The predicted octanol–water partition coefficient (Wildman–Crippen LogP) is 3.41. The number of nitrogens with zero attached hydrogens (tertiary/aromatic N) is 1. The Balaban J connectivity index is 2.19. The van der Waals surface area contributed by atoms with Crippen molar-refractivity contribution in [1.82, 2.24) is 0 Å². The fourth-order valence-electron chi connectivity index (χ4n) is 1.91. The first-order valence-electron chi connectivity index (χ1n) is 5.66. The molecule has 2 nitrogen and oxygen atoms in total. The normalized spacial score (nSPS) is 15.5. The molecule has 1 heterocycles. The van der Waals surface area contributed by atoms with Crippen molar-refractivity contribution < 1.29 is 0 Å². The van der Waals surface area contributed by atoms with E-state index in [9.17, 15) is 0 Å². The Labute approximate surface area is 91.4 Å². The quantitative estimate of drug-likeness (QED) is 0.780. The van der Waals surface area contributed by atoms with E-state index in [4.69, 9.17) is 0 Å². The van der Waals surface area contributed by atoms with Crippen LogP contribution in [-0.4, -0.2) is 12.4 Å². The molecule has 0 aromatic heterocycles. The lowest BCUT2D eigenvalue weighted by molar-refractivity contribution is 0.869. The van der Waals surface area contributed by atoms with Crippen LogP contribution < -0.4 is 5.32 Å². The van der Waals surface area contributed by atoms with E-state index in [0.29, 0.717) is 5.92 Å². The largest absolute Gasteiger partial charge is 0.344 e. The summed E-state index contributed by atoms with van der Waals surface area (Å²) < 4.78 is 0. The smallest absolute Gasteiger partial charge is 0.101 e. The van der Waals surface area contributed by atoms with E-state index in [1.165, 1.54) is 17.7 Å². The summed E-state index contributed by atoms with van der Waals surface area (Å²) in [5.74, 6) is 1.69. The molecule has 2 rings (SSSR count). The molecule has 0 unspecified atom stereocenters. The first-order valence-corrected chi connectivity index (χ1v) is 5.66. The highest BCUT2D eigenvalue weighted by molar-refractivity contribution is 5.97. The van der Waals surface area contributed by atoms with Crippen LogP contribution in [-0.2, 0) is 0 Å². The number of benzene rings is 1. The van der Waals surface area contributed by atoms with E-state index in [1.54, 1.807) is 0 Å². The van der Waals surface area contributed by atoms with E-state index in [1.807, 2.05) is 0 Å². The van der Waals surface area contributed by atoms with E-state index >= 15 is 0 Å². The summed E-state index contributed by atoms with van der Waals surface area (Å²) in [6.45, 7) is 5.42. The Morgan fingerprint density at radius 2 is 2.07 bits per heavy atom. The molecule has 2 heteroatoms. The summed E-state index contributed by atoms with van der Waals surface area (Å²) in [6, 6.07) is 8.49. The van der Waals surface area contributed by atoms with Gasteiger partial charge in [-0.25, -0.2) is 0 Å². The molecule has 0 amide bonds. The molecule has 0 saturated heterocycles. The second-order valence-corrected chi connectivity index (χ2v) is 4.30. The van der Waals surface area contributed by atoms with Crippen molar-refractivity contribution in [3.63, 3.8) is 0 Å². The SMILES string of the molecule is CC(C)c1ccccc1NC1=NCCC1. The van der Waals surface area contributed by atoms with Crippen molar-refractivity contribution in [3.8, 4) is 0 Å². The Morgan fingerprint density at radius 1 is 1.27 bits per heavy atom. The molecule has 0 saturated carbocycles. The third kappa shape index (κ3) is 2.38. The monoisotopic (exact) mass is 202 g/mol. The van der Waals surface area contributed by atoms with Gasteiger partial charge in [-0.2, -0.15) is 0 Å². The molecule has 0 spiro atoms. The van der Waals surface area contributed by atoms with E-state index in [2.05, 4.69) is 48.4 Å². The number of anilines is 1. The van der Waals surface area contributed by atoms with Gasteiger partial charge >= 0.3 is 0 Å². The zero-order valence-electron chi connectivity index (χ0n) is 9.46. The van der Waals surface area contributed by atoms with E-state index in [0.717, 1.165) is 18.8 Å². The van der Waals surface area contributed by atoms with Crippen LogP contribution >= 0.6 is 0 Å². The highest BCUT2D eigenvalue weighted by Crippen LogP contribution is 2.24. The zero-order valence-corrected chi connectivity index (χ0v) is 9.46. The van der Waals surface area contributed by atoms with Gasteiger partial charge < -0.3 is 5.32 Å². The maximum atomic E-state index is 4.44. The average Bonchev–Trinajstić information content (AvgIpc) is 2.71. The van der Waals surface area contributed by atoms with Crippen LogP contribution in [0.3, 0.4) is 0 Å². The first-order chi connectivity index (χ1) is 7.27. The van der Waals surface area contributed by atoms with Gasteiger partial charge in [-0.05, 0) is 24.0 Å². The number of nitrogens with one attached hydrogen (secondary N) is 1. The fourth-order valence-corrected chi connectivity index (χ4v) is 1.91. The number of hydrogen-bond donors (Lipinski definition) is 1. The van der Waals surface area contributed by atoms with Gasteiger partial charge in [0.1, 0.15) is 5.84 Å². The Morgan fingerprint density at radius 3 is 2.73 bits per heavy atom. The van der Waals surface area contributed by atoms with Crippen LogP contribution in [0.25, 0.3) is 0 Å². The van der Waals surface area contributed by atoms with Crippen molar-refractivity contribution in [1.29, 1.82) is 0 Å². The summed E-state index contributed by atoms with van der Waals surface area (Å²) in [5.41, 5.74) is 2.58. The summed E-state index contributed by atoms with van der Waals surface area (Å²) in [6.07, 6.45) is 2.28. The lowest BCUT2D eigenvalue weighted by Crippen LogP contribution is -2.10. The van der Waals surface area contributed by atoms with Gasteiger partial charge in [-0.15, -0.1) is 0 Å². The van der Waals surface area contributed by atoms with Gasteiger partial charge in [0.2, 0.25) is 0 Å². The maximum Gasteiger partial charge on any atom is 0.101 e. The molecular formula is C13H18N2. The molecule has 0 atom stereocenters. The molecule has 80 valence electrons. The van der Waals surface area contributed by atoms with Gasteiger partial charge in [0, 0.05) is 18.7 Å². The van der Waals surface area contributed by atoms with Gasteiger partial charge in [-0.3, -0.25) is 4.99 Å². The van der Waals surface area contributed by atoms with Crippen LogP contribution in [0, 0.1) is 0 Å². The van der Waals surface area contributed by atoms with Crippen LogP contribution in [0.2, 0.25) is 0 Å². The number of rotatable bonds is 2. The molecule has 1 N–H and O–H groups in total. The van der Waals surface area contributed by atoms with Crippen molar-refractivity contribution in [2.24, 2.45) is 4.99 Å². The first kappa shape index (κ1) is 10.2. The lowest BCUT2D eigenvalue weighted by atomic mass is 10.0. The molecule has 0 fully saturated rings. The number of amidine groups is 1. The lowest BCUT2D eigenvalue weighted by Gasteiger charge is -2.14. The summed E-state index contributed by atoms with van der Waals surface area (Å²) in [7, 11) is 0. The summed E-state index contributed by atoms with van der Waals surface area (Å²) in [4.78, 5) is 4.44. The number of aliphatic imine (C=N–C) groups is 1. The van der Waals surface area contributed by atoms with Gasteiger partial charge in [-0.1, -0.05) is 32.0 Å². The molecule has 15 heavy (non-hydrogen) atoms.